The van der Waals surface area contributed by atoms with Gasteiger partial charge in [0.2, 0.25) is 0 Å². The third kappa shape index (κ3) is 9.57. The molecule has 0 saturated heterocycles. The lowest BCUT2D eigenvalue weighted by Gasteiger charge is -2.09. The smallest absolute Gasteiger partial charge is 0.363 e. The number of thiocarbonyl (C=S) groups is 1. The topological polar surface area (TPSA) is 24.1 Å². The van der Waals surface area contributed by atoms with Gasteiger partial charge in [0.1, 0.15) is 0 Å². The molecule has 0 aromatic heterocycles. The second-order valence-electron chi connectivity index (χ2n) is 2.86. The van der Waals surface area contributed by atoms with Crippen molar-refractivity contribution in [2.24, 2.45) is 0 Å². The molecule has 0 rings (SSSR count). The van der Waals surface area contributed by atoms with E-state index in [2.05, 4.69) is 10.6 Å². The van der Waals surface area contributed by atoms with Crippen LogP contribution < -0.4 is 10.6 Å². The van der Waals surface area contributed by atoms with Gasteiger partial charge in [-0.1, -0.05) is 0 Å². The summed E-state index contributed by atoms with van der Waals surface area (Å²) in [5, 5.41) is 6.17. The molecule has 0 saturated carbocycles. The van der Waals surface area contributed by atoms with Crippen molar-refractivity contribution in [2.75, 3.05) is 13.1 Å². The maximum atomic E-state index is 11.7. The molecule has 0 aliphatic heterocycles. The molecule has 84 valence electrons. The molecule has 0 aromatic carbocycles. The lowest BCUT2D eigenvalue weighted by atomic mass is 10.2. The van der Waals surface area contributed by atoms with E-state index in [-0.39, 0.29) is 6.42 Å². The zero-order chi connectivity index (χ0) is 11.0. The van der Waals surface area contributed by atoms with Crippen LogP contribution in [0.3, 0.4) is 0 Å². The highest BCUT2D eigenvalue weighted by atomic mass is 32.1. The average Bonchev–Trinajstić information content (AvgIpc) is 2.02. The number of rotatable bonds is 5. The standard InChI is InChI=1S/C8H15F3N2S/c1-2-12-7(14)13-6-4-3-5-8(9,10)11/h2-6H2,1H3,(H2,12,13,14). The van der Waals surface area contributed by atoms with Gasteiger partial charge in [-0.15, -0.1) is 0 Å². The molecular weight excluding hydrogens is 213 g/mol. The molecule has 0 radical (unpaired) electrons. The van der Waals surface area contributed by atoms with Gasteiger partial charge >= 0.3 is 6.18 Å². The van der Waals surface area contributed by atoms with Crippen LogP contribution in [0.2, 0.25) is 0 Å². The Morgan fingerprint density at radius 1 is 1.21 bits per heavy atom. The molecule has 14 heavy (non-hydrogen) atoms. The van der Waals surface area contributed by atoms with Gasteiger partial charge < -0.3 is 10.6 Å². The van der Waals surface area contributed by atoms with E-state index < -0.39 is 12.6 Å². The molecular formula is C8H15F3N2S. The van der Waals surface area contributed by atoms with Crippen molar-refractivity contribution < 1.29 is 13.2 Å². The first-order chi connectivity index (χ1) is 6.45. The van der Waals surface area contributed by atoms with Gasteiger partial charge in [0.25, 0.3) is 0 Å². The normalized spacial score (nSPS) is 11.1. The van der Waals surface area contributed by atoms with Crippen molar-refractivity contribution in [3.63, 3.8) is 0 Å². The van der Waals surface area contributed by atoms with Crippen molar-refractivity contribution in [1.29, 1.82) is 0 Å². The Labute approximate surface area is 87.2 Å². The average molecular weight is 228 g/mol. The van der Waals surface area contributed by atoms with Gasteiger partial charge in [0, 0.05) is 19.5 Å². The van der Waals surface area contributed by atoms with Gasteiger partial charge in [0.15, 0.2) is 5.11 Å². The SMILES string of the molecule is CCNC(=S)NCCCCC(F)(F)F. The van der Waals surface area contributed by atoms with E-state index >= 15 is 0 Å². The molecule has 0 aliphatic rings. The minimum atomic E-state index is -4.04. The van der Waals surface area contributed by atoms with Crippen LogP contribution in [0.15, 0.2) is 0 Å². The molecule has 0 fully saturated rings. The fraction of sp³-hybridized carbons (Fsp3) is 0.875. The highest BCUT2D eigenvalue weighted by molar-refractivity contribution is 7.80. The van der Waals surface area contributed by atoms with Crippen molar-refractivity contribution in [1.82, 2.24) is 10.6 Å². The van der Waals surface area contributed by atoms with E-state index in [4.69, 9.17) is 12.2 Å². The molecule has 0 bridgehead atoms. The Kier molecular flexibility index (Phi) is 6.61. The Morgan fingerprint density at radius 3 is 2.36 bits per heavy atom. The predicted molar refractivity (Wildman–Crippen MR) is 54.2 cm³/mol. The Hall–Kier alpha value is -0.520. The molecule has 0 aliphatic carbocycles. The first-order valence-electron chi connectivity index (χ1n) is 4.54. The molecule has 2 nitrogen and oxygen atoms in total. The summed E-state index contributed by atoms with van der Waals surface area (Å²) in [4.78, 5) is 0. The minimum absolute atomic E-state index is 0.144. The molecule has 6 heteroatoms. The fourth-order valence-electron chi connectivity index (χ4n) is 0.875. The minimum Gasteiger partial charge on any atom is -0.363 e. The van der Waals surface area contributed by atoms with Gasteiger partial charge in [-0.05, 0) is 32.0 Å². The first kappa shape index (κ1) is 13.5. The highest BCUT2D eigenvalue weighted by Crippen LogP contribution is 2.21. The highest BCUT2D eigenvalue weighted by Gasteiger charge is 2.25. The molecule has 0 atom stereocenters. The molecule has 0 aromatic rings. The van der Waals surface area contributed by atoms with Crippen molar-refractivity contribution in [3.8, 4) is 0 Å². The Morgan fingerprint density at radius 2 is 1.86 bits per heavy atom. The summed E-state index contributed by atoms with van der Waals surface area (Å²) < 4.78 is 35.1. The maximum absolute atomic E-state index is 11.7. The van der Waals surface area contributed by atoms with Crippen LogP contribution in [0, 0.1) is 0 Å². The number of halogens is 3. The monoisotopic (exact) mass is 228 g/mol. The third-order valence-corrected chi connectivity index (χ3v) is 1.80. The summed E-state index contributed by atoms with van der Waals surface area (Å²) >= 11 is 4.83. The second kappa shape index (κ2) is 6.86. The summed E-state index contributed by atoms with van der Waals surface area (Å²) in [6.45, 7) is 3.11. The molecule has 2 N–H and O–H groups in total. The number of alkyl halides is 3. The summed E-state index contributed by atoms with van der Waals surface area (Å²) in [6, 6.07) is 0. The molecule has 0 amide bonds. The molecule has 0 heterocycles. The number of unbranched alkanes of at least 4 members (excludes halogenated alkanes) is 1. The van der Waals surface area contributed by atoms with E-state index in [1.54, 1.807) is 0 Å². The van der Waals surface area contributed by atoms with E-state index in [1.807, 2.05) is 6.92 Å². The van der Waals surface area contributed by atoms with Gasteiger partial charge in [-0.25, -0.2) is 0 Å². The van der Waals surface area contributed by atoms with Crippen LogP contribution in [-0.4, -0.2) is 24.4 Å². The number of hydrogen-bond acceptors (Lipinski definition) is 1. The maximum Gasteiger partial charge on any atom is 0.389 e. The van der Waals surface area contributed by atoms with Gasteiger partial charge in [-0.2, -0.15) is 13.2 Å². The third-order valence-electron chi connectivity index (χ3n) is 1.51. The van der Waals surface area contributed by atoms with Crippen molar-refractivity contribution >= 4 is 17.3 Å². The Balaban J connectivity index is 3.26. The van der Waals surface area contributed by atoms with Crippen LogP contribution >= 0.6 is 12.2 Å². The molecule has 0 spiro atoms. The van der Waals surface area contributed by atoms with E-state index in [1.165, 1.54) is 0 Å². The summed E-state index contributed by atoms with van der Waals surface area (Å²) in [6.07, 6.45) is -4.14. The van der Waals surface area contributed by atoms with Crippen LogP contribution in [0.1, 0.15) is 26.2 Å². The van der Waals surface area contributed by atoms with Crippen LogP contribution in [0.5, 0.6) is 0 Å². The predicted octanol–water partition coefficient (Wildman–Crippen LogP) is 2.20. The van der Waals surface area contributed by atoms with Crippen LogP contribution in [0.25, 0.3) is 0 Å². The summed E-state index contributed by atoms with van der Waals surface area (Å²) in [5.74, 6) is 0. The first-order valence-corrected chi connectivity index (χ1v) is 4.95. The summed E-state index contributed by atoms with van der Waals surface area (Å²) in [5.41, 5.74) is 0. The number of hydrogen-bond donors (Lipinski definition) is 2. The van der Waals surface area contributed by atoms with Crippen LogP contribution in [0.4, 0.5) is 13.2 Å². The van der Waals surface area contributed by atoms with E-state index in [0.29, 0.717) is 24.6 Å². The lowest BCUT2D eigenvalue weighted by molar-refractivity contribution is -0.135. The van der Waals surface area contributed by atoms with Crippen molar-refractivity contribution in [2.45, 2.75) is 32.4 Å². The van der Waals surface area contributed by atoms with Crippen molar-refractivity contribution in [3.05, 3.63) is 0 Å². The lowest BCUT2D eigenvalue weighted by Crippen LogP contribution is -2.35. The largest absolute Gasteiger partial charge is 0.389 e. The quantitative estimate of drug-likeness (QED) is 0.557. The van der Waals surface area contributed by atoms with Gasteiger partial charge in [0.05, 0.1) is 0 Å². The van der Waals surface area contributed by atoms with Crippen LogP contribution in [-0.2, 0) is 0 Å². The van der Waals surface area contributed by atoms with E-state index in [0.717, 1.165) is 0 Å². The van der Waals surface area contributed by atoms with Gasteiger partial charge in [-0.3, -0.25) is 0 Å². The second-order valence-corrected chi connectivity index (χ2v) is 3.27. The summed E-state index contributed by atoms with van der Waals surface area (Å²) in [7, 11) is 0. The Bertz CT molecular complexity index is 170. The zero-order valence-electron chi connectivity index (χ0n) is 8.08. The van der Waals surface area contributed by atoms with E-state index in [9.17, 15) is 13.2 Å². The molecule has 0 unspecified atom stereocenters. The fourth-order valence-corrected chi connectivity index (χ4v) is 1.12. The number of nitrogens with one attached hydrogen (secondary N) is 2. The zero-order valence-corrected chi connectivity index (χ0v) is 8.89.